The lowest BCUT2D eigenvalue weighted by Gasteiger charge is -2.05. The van der Waals surface area contributed by atoms with Crippen molar-refractivity contribution < 1.29 is 4.79 Å². The van der Waals surface area contributed by atoms with Gasteiger partial charge in [0.05, 0.1) is 25.3 Å². The van der Waals surface area contributed by atoms with Crippen molar-refractivity contribution >= 4 is 78.2 Å². The number of carbonyl (C=O) groups is 1. The molecule has 25 heavy (non-hydrogen) atoms. The summed E-state index contributed by atoms with van der Waals surface area (Å²) in [6, 6.07) is 12.0. The van der Waals surface area contributed by atoms with Crippen molar-refractivity contribution in [2.24, 2.45) is 0 Å². The van der Waals surface area contributed by atoms with Crippen LogP contribution in [0.15, 0.2) is 42.6 Å². The van der Waals surface area contributed by atoms with E-state index in [1.54, 1.807) is 0 Å². The zero-order valence-electron chi connectivity index (χ0n) is 12.4. The average molecular weight is 409 g/mol. The largest absolute Gasteiger partial charge is 0.296 e. The summed E-state index contributed by atoms with van der Waals surface area (Å²) < 4.78 is 0.974. The number of anilines is 1. The lowest BCUT2D eigenvalue weighted by molar-refractivity contribution is 0.102. The van der Waals surface area contributed by atoms with Gasteiger partial charge in [-0.2, -0.15) is 0 Å². The molecule has 124 valence electrons. The molecular weight excluding hydrogens is 401 g/mol. The molecule has 4 rings (SSSR count). The maximum Gasteiger partial charge on any atom is 0.277 e. The molecule has 1 N–H and O–H groups in total. The molecule has 0 fully saturated rings. The first-order valence-electron chi connectivity index (χ1n) is 7.14. The molecule has 0 saturated heterocycles. The number of benzene rings is 2. The third-order valence-corrected chi connectivity index (χ3v) is 5.81. The van der Waals surface area contributed by atoms with Crippen LogP contribution in [0.1, 0.15) is 10.5 Å². The van der Waals surface area contributed by atoms with Crippen molar-refractivity contribution in [2.75, 3.05) is 5.32 Å². The number of thiazole rings is 1. The van der Waals surface area contributed by atoms with Crippen LogP contribution in [0.25, 0.3) is 21.0 Å². The Kier molecular flexibility index (Phi) is 4.25. The van der Waals surface area contributed by atoms with E-state index in [2.05, 4.69) is 15.3 Å². The van der Waals surface area contributed by atoms with Crippen LogP contribution in [0.3, 0.4) is 0 Å². The van der Waals surface area contributed by atoms with Crippen molar-refractivity contribution in [3.63, 3.8) is 0 Å². The van der Waals surface area contributed by atoms with Crippen LogP contribution in [0, 0.1) is 0 Å². The Morgan fingerprint density at radius 1 is 1.04 bits per heavy atom. The van der Waals surface area contributed by atoms with Crippen molar-refractivity contribution in [1.29, 1.82) is 0 Å². The van der Waals surface area contributed by atoms with E-state index in [1.807, 2.05) is 36.4 Å². The van der Waals surface area contributed by atoms with Gasteiger partial charge >= 0.3 is 0 Å². The van der Waals surface area contributed by atoms with Crippen LogP contribution >= 0.6 is 46.1 Å². The van der Waals surface area contributed by atoms with E-state index in [0.717, 1.165) is 21.0 Å². The number of rotatable bonds is 2. The molecule has 0 spiro atoms. The molecule has 0 aliphatic heterocycles. The van der Waals surface area contributed by atoms with Gasteiger partial charge in [-0.05, 0) is 11.5 Å². The summed E-state index contributed by atoms with van der Waals surface area (Å²) in [5.74, 6) is -0.494. The van der Waals surface area contributed by atoms with Gasteiger partial charge in [0.2, 0.25) is 0 Å². The highest BCUT2D eigenvalue weighted by atomic mass is 35.5. The molecule has 0 bridgehead atoms. The van der Waals surface area contributed by atoms with Gasteiger partial charge in [-0.3, -0.25) is 10.1 Å². The highest BCUT2D eigenvalue weighted by molar-refractivity contribution is 7.22. The number of hydrogen-bond donors (Lipinski definition) is 1. The molecular formula is C17H8Cl3N3OS. The van der Waals surface area contributed by atoms with E-state index >= 15 is 0 Å². The van der Waals surface area contributed by atoms with E-state index in [9.17, 15) is 4.79 Å². The maximum absolute atomic E-state index is 12.4. The Balaban J connectivity index is 1.72. The van der Waals surface area contributed by atoms with Gasteiger partial charge in [-0.15, -0.1) is 0 Å². The summed E-state index contributed by atoms with van der Waals surface area (Å²) in [5, 5.41) is 5.60. The molecule has 2 aromatic carbocycles. The molecule has 4 nitrogen and oxygen atoms in total. The molecule has 4 aromatic rings. The summed E-state index contributed by atoms with van der Waals surface area (Å²) in [4.78, 5) is 20.9. The predicted molar refractivity (Wildman–Crippen MR) is 104 cm³/mol. The Morgan fingerprint density at radius 2 is 1.84 bits per heavy atom. The lowest BCUT2D eigenvalue weighted by Crippen LogP contribution is -2.14. The number of hydrogen-bond acceptors (Lipinski definition) is 4. The summed E-state index contributed by atoms with van der Waals surface area (Å²) >= 11 is 19.2. The smallest absolute Gasteiger partial charge is 0.277 e. The second-order valence-corrected chi connectivity index (χ2v) is 7.38. The molecule has 1 amide bonds. The number of halogens is 3. The fourth-order valence-electron chi connectivity index (χ4n) is 2.47. The first kappa shape index (κ1) is 16.5. The van der Waals surface area contributed by atoms with Crippen molar-refractivity contribution in [3.05, 3.63) is 63.4 Å². The lowest BCUT2D eigenvalue weighted by atomic mass is 10.1. The first-order chi connectivity index (χ1) is 12.0. The number of amides is 1. The molecule has 8 heteroatoms. The second kappa shape index (κ2) is 6.42. The average Bonchev–Trinajstić information content (AvgIpc) is 3.02. The molecule has 0 aliphatic rings. The minimum Gasteiger partial charge on any atom is -0.296 e. The van der Waals surface area contributed by atoms with Crippen molar-refractivity contribution in [2.45, 2.75) is 0 Å². The number of pyridine rings is 1. The second-order valence-electron chi connectivity index (χ2n) is 5.19. The van der Waals surface area contributed by atoms with Crippen molar-refractivity contribution in [1.82, 2.24) is 9.97 Å². The summed E-state index contributed by atoms with van der Waals surface area (Å²) in [6.45, 7) is 0. The van der Waals surface area contributed by atoms with E-state index in [0.29, 0.717) is 5.13 Å². The Morgan fingerprint density at radius 3 is 2.68 bits per heavy atom. The normalized spacial score (nSPS) is 11.2. The van der Waals surface area contributed by atoms with E-state index < -0.39 is 5.91 Å². The molecule has 0 saturated carbocycles. The third-order valence-electron chi connectivity index (χ3n) is 3.64. The molecule has 0 aliphatic carbocycles. The SMILES string of the molecule is O=C(Nc1nc2c(ccc3ccccc32)s1)c1ncc(Cl)c(Cl)c1Cl. The molecule has 2 aromatic heterocycles. The Hall–Kier alpha value is -1.92. The van der Waals surface area contributed by atoms with Crippen LogP contribution in [-0.4, -0.2) is 15.9 Å². The Labute approximate surface area is 161 Å². The van der Waals surface area contributed by atoms with Gasteiger partial charge in [-0.1, -0.05) is 76.5 Å². The van der Waals surface area contributed by atoms with E-state index in [-0.39, 0.29) is 20.8 Å². The molecule has 0 atom stereocenters. The van der Waals surface area contributed by atoms with Crippen LogP contribution in [0.5, 0.6) is 0 Å². The number of nitrogens with one attached hydrogen (secondary N) is 1. The third kappa shape index (κ3) is 2.93. The van der Waals surface area contributed by atoms with Gasteiger partial charge in [-0.25, -0.2) is 9.97 Å². The maximum atomic E-state index is 12.4. The zero-order valence-corrected chi connectivity index (χ0v) is 15.5. The minimum atomic E-state index is -0.494. The number of nitrogens with zero attached hydrogens (tertiary/aromatic N) is 2. The highest BCUT2D eigenvalue weighted by Crippen LogP contribution is 2.34. The number of aromatic nitrogens is 2. The summed E-state index contributed by atoms with van der Waals surface area (Å²) in [7, 11) is 0. The number of carbonyl (C=O) groups excluding carboxylic acids is 1. The van der Waals surface area contributed by atoms with Gasteiger partial charge < -0.3 is 0 Å². The predicted octanol–water partition coefficient (Wildman–Crippen LogP) is 6.06. The first-order valence-corrected chi connectivity index (χ1v) is 9.09. The monoisotopic (exact) mass is 407 g/mol. The minimum absolute atomic E-state index is 0.000167. The summed E-state index contributed by atoms with van der Waals surface area (Å²) in [5.41, 5.74) is 0.840. The van der Waals surface area contributed by atoms with Gasteiger partial charge in [0.25, 0.3) is 5.91 Å². The molecule has 2 heterocycles. The van der Waals surface area contributed by atoms with Crippen molar-refractivity contribution in [3.8, 4) is 0 Å². The fourth-order valence-corrected chi connectivity index (χ4v) is 3.92. The van der Waals surface area contributed by atoms with E-state index in [1.165, 1.54) is 17.5 Å². The van der Waals surface area contributed by atoms with Crippen LogP contribution in [0.4, 0.5) is 5.13 Å². The standard InChI is InChI=1S/C17H8Cl3N3OS/c18-10-7-21-15(13(20)12(10)19)16(24)23-17-22-14-9-4-2-1-3-8(9)5-6-11(14)25-17/h1-7H,(H,22,23,24). The Bertz CT molecular complexity index is 1140. The topological polar surface area (TPSA) is 54.9 Å². The van der Waals surface area contributed by atoms with Crippen LogP contribution < -0.4 is 5.32 Å². The van der Waals surface area contributed by atoms with Crippen LogP contribution in [-0.2, 0) is 0 Å². The van der Waals surface area contributed by atoms with Gasteiger partial charge in [0, 0.05) is 11.6 Å². The summed E-state index contributed by atoms with van der Waals surface area (Å²) in [6.07, 6.45) is 1.29. The van der Waals surface area contributed by atoms with E-state index in [4.69, 9.17) is 34.8 Å². The van der Waals surface area contributed by atoms with Gasteiger partial charge in [0.15, 0.2) is 5.13 Å². The fraction of sp³-hybridized carbons (Fsp3) is 0. The molecule has 0 unspecified atom stereocenters. The quantitative estimate of drug-likeness (QED) is 0.439. The molecule has 0 radical (unpaired) electrons. The zero-order chi connectivity index (χ0) is 17.6. The van der Waals surface area contributed by atoms with Gasteiger partial charge in [0.1, 0.15) is 5.69 Å². The number of fused-ring (bicyclic) bond motifs is 3. The highest BCUT2D eigenvalue weighted by Gasteiger charge is 2.18. The van der Waals surface area contributed by atoms with Crippen LogP contribution in [0.2, 0.25) is 15.1 Å².